The molecule has 0 aliphatic heterocycles. The van der Waals surface area contributed by atoms with Crippen molar-refractivity contribution in [1.29, 1.82) is 0 Å². The van der Waals surface area contributed by atoms with Gasteiger partial charge in [-0.15, -0.1) is 0 Å². The third-order valence-corrected chi connectivity index (χ3v) is 3.46. The van der Waals surface area contributed by atoms with Gasteiger partial charge in [-0.2, -0.15) is 0 Å². The minimum Gasteiger partial charge on any atom is -0.324 e. The Kier molecular flexibility index (Phi) is 3.37. The number of benzene rings is 2. The number of rotatable bonds is 3. The Balaban J connectivity index is 1.87. The van der Waals surface area contributed by atoms with Gasteiger partial charge in [0, 0.05) is 17.1 Å². The quantitative estimate of drug-likeness (QED) is 0.623. The molecule has 23 heavy (non-hydrogen) atoms. The van der Waals surface area contributed by atoms with Gasteiger partial charge < -0.3 is 5.32 Å². The Morgan fingerprint density at radius 3 is 2.43 bits per heavy atom. The predicted molar refractivity (Wildman–Crippen MR) is 90.3 cm³/mol. The summed E-state index contributed by atoms with van der Waals surface area (Å²) >= 11 is 0. The Morgan fingerprint density at radius 1 is 0.783 bits per heavy atom. The summed E-state index contributed by atoms with van der Waals surface area (Å²) < 4.78 is 0. The average molecular weight is 299 g/mol. The maximum absolute atomic E-state index is 4.68. The van der Waals surface area contributed by atoms with Gasteiger partial charge in [0.15, 0.2) is 5.82 Å². The van der Waals surface area contributed by atoms with Crippen LogP contribution in [0.25, 0.3) is 22.3 Å². The zero-order valence-corrected chi connectivity index (χ0v) is 12.2. The maximum atomic E-state index is 4.68. The Morgan fingerprint density at radius 2 is 1.61 bits per heavy atom. The van der Waals surface area contributed by atoms with E-state index in [2.05, 4.69) is 25.3 Å². The molecular weight excluding hydrogens is 286 g/mol. The highest BCUT2D eigenvalue weighted by atomic mass is 15.1. The van der Waals surface area contributed by atoms with Crippen molar-refractivity contribution in [3.8, 4) is 11.4 Å². The van der Waals surface area contributed by atoms with Crippen LogP contribution in [0, 0.1) is 0 Å². The first-order chi connectivity index (χ1) is 11.4. The highest BCUT2D eigenvalue weighted by Gasteiger charge is 2.09. The van der Waals surface area contributed by atoms with Crippen molar-refractivity contribution in [1.82, 2.24) is 19.9 Å². The molecular formula is C18H13N5. The van der Waals surface area contributed by atoms with E-state index in [0.717, 1.165) is 22.3 Å². The molecule has 0 aliphatic carbocycles. The van der Waals surface area contributed by atoms with Crippen LogP contribution in [-0.4, -0.2) is 19.9 Å². The van der Waals surface area contributed by atoms with Gasteiger partial charge >= 0.3 is 0 Å². The number of para-hydroxylation sites is 1. The van der Waals surface area contributed by atoms with Crippen LogP contribution in [-0.2, 0) is 0 Å². The van der Waals surface area contributed by atoms with E-state index in [4.69, 9.17) is 0 Å². The fourth-order valence-corrected chi connectivity index (χ4v) is 2.37. The van der Waals surface area contributed by atoms with E-state index in [1.807, 2.05) is 54.6 Å². The second kappa shape index (κ2) is 5.81. The van der Waals surface area contributed by atoms with Crippen LogP contribution in [0.15, 0.2) is 73.2 Å². The molecule has 0 radical (unpaired) electrons. The van der Waals surface area contributed by atoms with Crippen LogP contribution in [0.2, 0.25) is 0 Å². The molecule has 0 saturated carbocycles. The fourth-order valence-electron chi connectivity index (χ4n) is 2.37. The van der Waals surface area contributed by atoms with E-state index >= 15 is 0 Å². The van der Waals surface area contributed by atoms with Crippen LogP contribution in [0.3, 0.4) is 0 Å². The van der Waals surface area contributed by atoms with Gasteiger partial charge in [0.25, 0.3) is 0 Å². The number of nitrogens with zero attached hydrogens (tertiary/aromatic N) is 4. The molecule has 0 bridgehead atoms. The molecule has 0 aliphatic rings. The second-order valence-electron chi connectivity index (χ2n) is 5.00. The first-order valence-electron chi connectivity index (χ1n) is 7.25. The SMILES string of the molecule is c1ccc(-c2nc(Nc3ccncn3)c3ccccc3n2)cc1. The first-order valence-corrected chi connectivity index (χ1v) is 7.25. The molecule has 2 aromatic carbocycles. The number of hydrogen-bond donors (Lipinski definition) is 1. The third kappa shape index (κ3) is 2.72. The largest absolute Gasteiger partial charge is 0.324 e. The lowest BCUT2D eigenvalue weighted by molar-refractivity contribution is 1.15. The molecule has 110 valence electrons. The van der Waals surface area contributed by atoms with Gasteiger partial charge in [-0.1, -0.05) is 42.5 Å². The number of hydrogen-bond acceptors (Lipinski definition) is 5. The lowest BCUT2D eigenvalue weighted by Gasteiger charge is -2.10. The zero-order valence-electron chi connectivity index (χ0n) is 12.2. The van der Waals surface area contributed by atoms with Gasteiger partial charge in [-0.3, -0.25) is 0 Å². The topological polar surface area (TPSA) is 63.6 Å². The summed E-state index contributed by atoms with van der Waals surface area (Å²) in [7, 11) is 0. The summed E-state index contributed by atoms with van der Waals surface area (Å²) in [5.41, 5.74) is 1.86. The number of nitrogens with one attached hydrogen (secondary N) is 1. The van der Waals surface area contributed by atoms with Crippen LogP contribution >= 0.6 is 0 Å². The molecule has 0 fully saturated rings. The van der Waals surface area contributed by atoms with Gasteiger partial charge in [0.05, 0.1) is 5.52 Å². The molecule has 5 nitrogen and oxygen atoms in total. The Hall–Kier alpha value is -3.34. The number of anilines is 2. The minimum atomic E-state index is 0.681. The molecule has 0 amide bonds. The van der Waals surface area contributed by atoms with Crippen molar-refractivity contribution in [3.05, 3.63) is 73.2 Å². The van der Waals surface area contributed by atoms with E-state index in [1.165, 1.54) is 6.33 Å². The van der Waals surface area contributed by atoms with Crippen molar-refractivity contribution in [2.24, 2.45) is 0 Å². The summed E-state index contributed by atoms with van der Waals surface area (Å²) in [5, 5.41) is 4.20. The van der Waals surface area contributed by atoms with Crippen LogP contribution < -0.4 is 5.32 Å². The van der Waals surface area contributed by atoms with Crippen LogP contribution in [0.4, 0.5) is 11.6 Å². The smallest absolute Gasteiger partial charge is 0.162 e. The van der Waals surface area contributed by atoms with Gasteiger partial charge in [0.2, 0.25) is 0 Å². The van der Waals surface area contributed by atoms with Gasteiger partial charge in [-0.05, 0) is 18.2 Å². The zero-order chi connectivity index (χ0) is 15.5. The normalized spacial score (nSPS) is 10.6. The lowest BCUT2D eigenvalue weighted by atomic mass is 10.2. The molecule has 0 unspecified atom stereocenters. The van der Waals surface area contributed by atoms with Crippen molar-refractivity contribution in [3.63, 3.8) is 0 Å². The summed E-state index contributed by atoms with van der Waals surface area (Å²) in [4.78, 5) is 17.5. The molecule has 0 saturated heterocycles. The standard InChI is InChI=1S/C18H13N5/c1-2-6-13(7-3-1)17-21-15-9-5-4-8-14(15)18(23-17)22-16-10-11-19-12-20-16/h1-12H,(H,19,20,21,22,23). The molecule has 0 atom stereocenters. The molecule has 4 aromatic rings. The van der Waals surface area contributed by atoms with Crippen molar-refractivity contribution in [2.75, 3.05) is 5.32 Å². The number of aromatic nitrogens is 4. The predicted octanol–water partition coefficient (Wildman–Crippen LogP) is 3.83. The molecule has 2 aromatic heterocycles. The van der Waals surface area contributed by atoms with Crippen molar-refractivity contribution >= 4 is 22.5 Å². The second-order valence-corrected chi connectivity index (χ2v) is 5.00. The van der Waals surface area contributed by atoms with E-state index in [-0.39, 0.29) is 0 Å². The first kappa shape index (κ1) is 13.3. The lowest BCUT2D eigenvalue weighted by Crippen LogP contribution is -2.00. The van der Waals surface area contributed by atoms with Gasteiger partial charge in [-0.25, -0.2) is 19.9 Å². The molecule has 0 spiro atoms. The Labute approximate surface area is 133 Å². The molecule has 4 rings (SSSR count). The van der Waals surface area contributed by atoms with E-state index < -0.39 is 0 Å². The van der Waals surface area contributed by atoms with E-state index in [9.17, 15) is 0 Å². The van der Waals surface area contributed by atoms with Crippen LogP contribution in [0.5, 0.6) is 0 Å². The highest BCUT2D eigenvalue weighted by molar-refractivity contribution is 5.91. The van der Waals surface area contributed by atoms with Crippen molar-refractivity contribution in [2.45, 2.75) is 0 Å². The maximum Gasteiger partial charge on any atom is 0.162 e. The highest BCUT2D eigenvalue weighted by Crippen LogP contribution is 2.26. The molecule has 5 heteroatoms. The summed E-state index contributed by atoms with van der Waals surface area (Å²) in [6.07, 6.45) is 3.20. The van der Waals surface area contributed by atoms with Crippen molar-refractivity contribution < 1.29 is 0 Å². The van der Waals surface area contributed by atoms with E-state index in [1.54, 1.807) is 12.3 Å². The summed E-state index contributed by atoms with van der Waals surface area (Å²) in [6.45, 7) is 0. The molecule has 1 N–H and O–H groups in total. The average Bonchev–Trinajstić information content (AvgIpc) is 2.63. The Bertz CT molecular complexity index is 939. The fraction of sp³-hybridized carbons (Fsp3) is 0. The van der Waals surface area contributed by atoms with E-state index in [0.29, 0.717) is 11.6 Å². The third-order valence-electron chi connectivity index (χ3n) is 3.46. The minimum absolute atomic E-state index is 0.681. The monoisotopic (exact) mass is 299 g/mol. The molecule has 2 heterocycles. The number of fused-ring (bicyclic) bond motifs is 1. The van der Waals surface area contributed by atoms with Gasteiger partial charge in [0.1, 0.15) is 18.0 Å². The summed E-state index contributed by atoms with van der Waals surface area (Å²) in [6, 6.07) is 19.7. The van der Waals surface area contributed by atoms with Crippen LogP contribution in [0.1, 0.15) is 0 Å². The summed E-state index contributed by atoms with van der Waals surface area (Å²) in [5.74, 6) is 2.11.